The lowest BCUT2D eigenvalue weighted by Crippen LogP contribution is -1.86. The minimum Gasteiger partial charge on any atom is -0.340 e. The monoisotopic (exact) mass is 225 g/mol. The van der Waals surface area contributed by atoms with Gasteiger partial charge in [-0.3, -0.25) is 4.99 Å². The van der Waals surface area contributed by atoms with Gasteiger partial charge in [-0.05, 0) is 11.6 Å². The van der Waals surface area contributed by atoms with Gasteiger partial charge in [-0.25, -0.2) is 4.98 Å². The van der Waals surface area contributed by atoms with Crippen LogP contribution in [0.2, 0.25) is 0 Å². The van der Waals surface area contributed by atoms with Gasteiger partial charge in [0.1, 0.15) is 0 Å². The van der Waals surface area contributed by atoms with Gasteiger partial charge in [-0.2, -0.15) is 0 Å². The van der Waals surface area contributed by atoms with E-state index < -0.39 is 0 Å². The fraction of sp³-hybridized carbons (Fsp3) is 0.143. The van der Waals surface area contributed by atoms with E-state index in [2.05, 4.69) is 22.1 Å². The van der Waals surface area contributed by atoms with Crippen LogP contribution in [0.5, 0.6) is 0 Å². The van der Waals surface area contributed by atoms with Crippen LogP contribution in [0.3, 0.4) is 0 Å². The van der Waals surface area contributed by atoms with Crippen molar-refractivity contribution in [2.45, 2.75) is 0 Å². The largest absolute Gasteiger partial charge is 0.340 e. The molecule has 1 heterocycles. The van der Waals surface area contributed by atoms with Crippen molar-refractivity contribution in [1.29, 1.82) is 0 Å². The van der Waals surface area contributed by atoms with Gasteiger partial charge in [-0.1, -0.05) is 30.3 Å². The third-order valence-electron chi connectivity index (χ3n) is 2.40. The van der Waals surface area contributed by atoms with E-state index in [1.807, 2.05) is 48.3 Å². The minimum absolute atomic E-state index is 0.936. The average Bonchev–Trinajstić information content (AvgIpc) is 2.75. The second-order valence-corrected chi connectivity index (χ2v) is 3.82. The molecule has 0 saturated carbocycles. The van der Waals surface area contributed by atoms with E-state index in [1.54, 1.807) is 13.4 Å². The predicted octanol–water partition coefficient (Wildman–Crippen LogP) is 2.66. The molecule has 0 fully saturated rings. The van der Waals surface area contributed by atoms with E-state index in [0.29, 0.717) is 0 Å². The Kier molecular flexibility index (Phi) is 3.50. The van der Waals surface area contributed by atoms with Gasteiger partial charge in [0.15, 0.2) is 0 Å². The first-order chi connectivity index (χ1) is 8.29. The van der Waals surface area contributed by atoms with Crippen LogP contribution < -0.4 is 0 Å². The Bertz CT molecular complexity index is 536. The number of benzene rings is 1. The molecule has 3 heteroatoms. The Hall–Kier alpha value is -2.16. The van der Waals surface area contributed by atoms with E-state index in [0.717, 1.165) is 16.8 Å². The number of hydrogen-bond acceptors (Lipinski definition) is 2. The first kappa shape index (κ1) is 11.3. The maximum Gasteiger partial charge on any atom is 0.0950 e. The summed E-state index contributed by atoms with van der Waals surface area (Å²) >= 11 is 0. The molecule has 0 aliphatic rings. The Morgan fingerprint density at radius 1 is 1.29 bits per heavy atom. The number of aromatic nitrogens is 2. The van der Waals surface area contributed by atoms with Crippen molar-refractivity contribution >= 4 is 17.9 Å². The van der Waals surface area contributed by atoms with Gasteiger partial charge in [0, 0.05) is 32.1 Å². The molecule has 17 heavy (non-hydrogen) atoms. The summed E-state index contributed by atoms with van der Waals surface area (Å²) in [5.41, 5.74) is 3.14. The lowest BCUT2D eigenvalue weighted by atomic mass is 10.1. The van der Waals surface area contributed by atoms with E-state index in [-0.39, 0.29) is 0 Å². The standard InChI is InChI=1S/C14H15N3/c1-15-9-13(12-6-4-3-5-7-12)8-14-10-17(2)11-16-14/h3-11H,1-2H3/b13-8+,15-9?. The van der Waals surface area contributed by atoms with Gasteiger partial charge >= 0.3 is 0 Å². The molecule has 0 bridgehead atoms. The molecule has 2 rings (SSSR count). The summed E-state index contributed by atoms with van der Waals surface area (Å²) < 4.78 is 1.93. The van der Waals surface area contributed by atoms with Gasteiger partial charge in [0.25, 0.3) is 0 Å². The number of rotatable bonds is 3. The van der Waals surface area contributed by atoms with E-state index in [9.17, 15) is 0 Å². The van der Waals surface area contributed by atoms with Crippen LogP contribution in [0, 0.1) is 0 Å². The van der Waals surface area contributed by atoms with Crippen molar-refractivity contribution in [3.8, 4) is 0 Å². The van der Waals surface area contributed by atoms with Crippen molar-refractivity contribution in [2.24, 2.45) is 12.0 Å². The van der Waals surface area contributed by atoms with Crippen molar-refractivity contribution in [1.82, 2.24) is 9.55 Å². The summed E-state index contributed by atoms with van der Waals surface area (Å²) in [7, 11) is 3.73. The fourth-order valence-corrected chi connectivity index (χ4v) is 1.63. The Morgan fingerprint density at radius 2 is 2.06 bits per heavy atom. The molecule has 0 radical (unpaired) electrons. The van der Waals surface area contributed by atoms with Crippen LogP contribution >= 0.6 is 0 Å². The molecule has 0 atom stereocenters. The van der Waals surface area contributed by atoms with Gasteiger partial charge in [0.2, 0.25) is 0 Å². The molecular formula is C14H15N3. The molecule has 1 aromatic carbocycles. The topological polar surface area (TPSA) is 30.2 Å². The first-order valence-electron chi connectivity index (χ1n) is 5.47. The molecular weight excluding hydrogens is 210 g/mol. The molecule has 0 spiro atoms. The Labute approximate surface area is 101 Å². The minimum atomic E-state index is 0.936. The highest BCUT2D eigenvalue weighted by molar-refractivity contribution is 6.15. The van der Waals surface area contributed by atoms with Crippen molar-refractivity contribution in [3.63, 3.8) is 0 Å². The molecule has 0 unspecified atom stereocenters. The molecule has 86 valence electrons. The SMILES string of the molecule is CN=C/C(=C\c1cn(C)cn1)c1ccccc1. The number of nitrogens with zero attached hydrogens (tertiary/aromatic N) is 3. The number of allylic oxidation sites excluding steroid dienone is 1. The number of aliphatic imine (C=N–C) groups is 1. The molecule has 0 saturated heterocycles. The van der Waals surface area contributed by atoms with Crippen LogP contribution in [-0.2, 0) is 7.05 Å². The van der Waals surface area contributed by atoms with Gasteiger partial charge < -0.3 is 4.57 Å². The third kappa shape index (κ3) is 2.91. The zero-order chi connectivity index (χ0) is 12.1. The summed E-state index contributed by atoms with van der Waals surface area (Å²) in [5, 5.41) is 0. The van der Waals surface area contributed by atoms with Crippen molar-refractivity contribution in [2.75, 3.05) is 7.05 Å². The van der Waals surface area contributed by atoms with E-state index in [4.69, 9.17) is 0 Å². The molecule has 0 aliphatic heterocycles. The smallest absolute Gasteiger partial charge is 0.0950 e. The average molecular weight is 225 g/mol. The maximum atomic E-state index is 4.29. The lowest BCUT2D eigenvalue weighted by Gasteiger charge is -2.00. The molecule has 2 aromatic rings. The zero-order valence-corrected chi connectivity index (χ0v) is 10.0. The molecule has 0 N–H and O–H groups in total. The normalized spacial score (nSPS) is 12.2. The first-order valence-corrected chi connectivity index (χ1v) is 5.47. The second kappa shape index (κ2) is 5.25. The Morgan fingerprint density at radius 3 is 2.65 bits per heavy atom. The number of aryl methyl sites for hydroxylation is 1. The van der Waals surface area contributed by atoms with Gasteiger partial charge in [-0.15, -0.1) is 0 Å². The second-order valence-electron chi connectivity index (χ2n) is 3.82. The molecule has 0 aliphatic carbocycles. The zero-order valence-electron chi connectivity index (χ0n) is 10.0. The molecule has 3 nitrogen and oxygen atoms in total. The van der Waals surface area contributed by atoms with Crippen LogP contribution in [0.4, 0.5) is 0 Å². The highest BCUT2D eigenvalue weighted by Crippen LogP contribution is 2.15. The quantitative estimate of drug-likeness (QED) is 0.739. The van der Waals surface area contributed by atoms with Crippen LogP contribution in [-0.4, -0.2) is 22.8 Å². The fourth-order valence-electron chi connectivity index (χ4n) is 1.63. The third-order valence-corrected chi connectivity index (χ3v) is 2.40. The molecule has 0 amide bonds. The summed E-state index contributed by atoms with van der Waals surface area (Å²) in [4.78, 5) is 8.38. The lowest BCUT2D eigenvalue weighted by molar-refractivity contribution is 0.913. The predicted molar refractivity (Wildman–Crippen MR) is 71.9 cm³/mol. The highest BCUT2D eigenvalue weighted by atomic mass is 15.0. The van der Waals surface area contributed by atoms with Crippen LogP contribution in [0.25, 0.3) is 11.6 Å². The van der Waals surface area contributed by atoms with Crippen molar-refractivity contribution < 1.29 is 0 Å². The Balaban J connectivity index is 2.39. The highest BCUT2D eigenvalue weighted by Gasteiger charge is 1.99. The van der Waals surface area contributed by atoms with Crippen LogP contribution in [0.15, 0.2) is 47.8 Å². The summed E-state index contributed by atoms with van der Waals surface area (Å²) in [5.74, 6) is 0. The summed E-state index contributed by atoms with van der Waals surface area (Å²) in [6.45, 7) is 0. The van der Waals surface area contributed by atoms with Crippen molar-refractivity contribution in [3.05, 3.63) is 54.1 Å². The van der Waals surface area contributed by atoms with E-state index in [1.165, 1.54) is 0 Å². The molecule has 1 aromatic heterocycles. The summed E-state index contributed by atoms with van der Waals surface area (Å²) in [6.07, 6.45) is 7.65. The number of imidazole rings is 1. The van der Waals surface area contributed by atoms with Gasteiger partial charge in [0.05, 0.1) is 12.0 Å². The summed E-state index contributed by atoms with van der Waals surface area (Å²) in [6, 6.07) is 10.2. The van der Waals surface area contributed by atoms with E-state index >= 15 is 0 Å². The maximum absolute atomic E-state index is 4.29. The number of hydrogen-bond donors (Lipinski definition) is 0. The van der Waals surface area contributed by atoms with Crippen LogP contribution in [0.1, 0.15) is 11.3 Å².